The number of likely N-dealkylation sites (tertiary alicyclic amines) is 1. The van der Waals surface area contributed by atoms with Gasteiger partial charge in [-0.3, -0.25) is 14.5 Å². The van der Waals surface area contributed by atoms with E-state index in [1.165, 1.54) is 21.9 Å². The van der Waals surface area contributed by atoms with Crippen molar-refractivity contribution in [2.45, 2.75) is 43.2 Å². The van der Waals surface area contributed by atoms with Crippen molar-refractivity contribution in [2.24, 2.45) is 5.73 Å². The fourth-order valence-corrected chi connectivity index (χ4v) is 6.80. The fourth-order valence-electron chi connectivity index (χ4n) is 6.49. The SMILES string of the molecule is CN1C(=O)OC2(CCN(CC[C@H](C(=O)N(C)[C@@H](Cc3ccccc3)C(=O)NCCN)c3ccc(Cl)c(Cl)c3)CC2)c2cc(F)ccc21.Cl. The van der Waals surface area contributed by atoms with E-state index in [0.717, 1.165) is 5.56 Å². The second-order valence-electron chi connectivity index (χ2n) is 12.2. The van der Waals surface area contributed by atoms with Gasteiger partial charge in [0.2, 0.25) is 11.8 Å². The number of carbonyl (C=O) groups excluding carboxylic acids is 3. The van der Waals surface area contributed by atoms with E-state index in [1.807, 2.05) is 30.3 Å². The zero-order valence-corrected chi connectivity index (χ0v) is 29.3. The van der Waals surface area contributed by atoms with Gasteiger partial charge in [0.15, 0.2) is 0 Å². The van der Waals surface area contributed by atoms with E-state index < -0.39 is 23.7 Å². The summed E-state index contributed by atoms with van der Waals surface area (Å²) in [7, 11) is 3.27. The Morgan fingerprint density at radius 1 is 1.06 bits per heavy atom. The molecular weight excluding hydrogens is 680 g/mol. The molecule has 3 aromatic carbocycles. The number of amides is 3. The number of nitrogens with zero attached hydrogens (tertiary/aromatic N) is 3. The van der Waals surface area contributed by atoms with Gasteiger partial charge in [0, 0.05) is 65.1 Å². The van der Waals surface area contributed by atoms with Crippen LogP contribution in [-0.2, 0) is 26.3 Å². The predicted molar refractivity (Wildman–Crippen MR) is 188 cm³/mol. The molecule has 2 heterocycles. The van der Waals surface area contributed by atoms with Crippen LogP contribution in [0.2, 0.25) is 10.0 Å². The highest BCUT2D eigenvalue weighted by Gasteiger charge is 2.46. The third kappa shape index (κ3) is 8.23. The first-order valence-electron chi connectivity index (χ1n) is 15.8. The van der Waals surface area contributed by atoms with Gasteiger partial charge in [0.05, 0.1) is 21.7 Å². The van der Waals surface area contributed by atoms with Crippen LogP contribution in [0.25, 0.3) is 0 Å². The van der Waals surface area contributed by atoms with Crippen LogP contribution in [0.5, 0.6) is 0 Å². The quantitative estimate of drug-likeness (QED) is 0.261. The summed E-state index contributed by atoms with van der Waals surface area (Å²) in [5.74, 6) is -1.52. The number of fused-ring (bicyclic) bond motifs is 2. The molecular formula is C35H41Cl3FN5O4. The van der Waals surface area contributed by atoms with Crippen LogP contribution in [0.4, 0.5) is 14.9 Å². The summed E-state index contributed by atoms with van der Waals surface area (Å²) < 4.78 is 20.3. The number of nitrogens with one attached hydrogen (secondary N) is 1. The van der Waals surface area contributed by atoms with E-state index in [-0.39, 0.29) is 36.6 Å². The maximum absolute atomic E-state index is 14.3. The van der Waals surface area contributed by atoms with Crippen molar-refractivity contribution in [3.63, 3.8) is 0 Å². The van der Waals surface area contributed by atoms with E-state index in [4.69, 9.17) is 33.7 Å². The van der Waals surface area contributed by atoms with Gasteiger partial charge in [-0.25, -0.2) is 9.18 Å². The minimum absolute atomic E-state index is 0. The van der Waals surface area contributed by atoms with E-state index in [2.05, 4.69) is 10.2 Å². The number of halogens is 4. The van der Waals surface area contributed by atoms with Gasteiger partial charge >= 0.3 is 6.09 Å². The molecule has 3 aromatic rings. The van der Waals surface area contributed by atoms with Crippen LogP contribution >= 0.6 is 35.6 Å². The Bertz CT molecular complexity index is 1610. The van der Waals surface area contributed by atoms with E-state index in [9.17, 15) is 18.8 Å². The third-order valence-corrected chi connectivity index (χ3v) is 9.98. The number of ether oxygens (including phenoxy) is 1. The van der Waals surface area contributed by atoms with Crippen LogP contribution in [0.3, 0.4) is 0 Å². The Hall–Kier alpha value is -3.41. The largest absolute Gasteiger partial charge is 0.437 e. The number of piperidine rings is 1. The standard InChI is InChI=1S/C35H40Cl2FN5O4.ClH/c1-41(31(32(44)40-16-15-39)20-23-6-4-3-5-7-23)33(45)26(24-8-10-28(36)29(37)21-24)12-17-43-18-13-35(14-19-43)27-22-25(38)9-11-30(27)42(2)34(46)47-35;/h3-11,21-22,26,31H,12-20,39H2,1-2H3,(H,40,44);1H/t26-,31-;/m0./s1. The molecule has 0 bridgehead atoms. The molecule has 3 amide bonds. The lowest BCUT2D eigenvalue weighted by atomic mass is 9.81. The molecule has 1 fully saturated rings. The van der Waals surface area contributed by atoms with Crippen molar-refractivity contribution in [3.05, 3.63) is 99.3 Å². The van der Waals surface area contributed by atoms with E-state index >= 15 is 0 Å². The minimum Gasteiger partial charge on any atom is -0.437 e. The summed E-state index contributed by atoms with van der Waals surface area (Å²) in [6.07, 6.45) is 1.26. The van der Waals surface area contributed by atoms with Gasteiger partial charge < -0.3 is 25.6 Å². The number of benzene rings is 3. The van der Waals surface area contributed by atoms with Gasteiger partial charge in [-0.15, -0.1) is 12.4 Å². The summed E-state index contributed by atoms with van der Waals surface area (Å²) in [5, 5.41) is 3.56. The number of anilines is 1. The summed E-state index contributed by atoms with van der Waals surface area (Å²) in [5.41, 5.74) is 7.66. The van der Waals surface area contributed by atoms with Crippen molar-refractivity contribution in [2.75, 3.05) is 51.7 Å². The maximum Gasteiger partial charge on any atom is 0.414 e. The van der Waals surface area contributed by atoms with Crippen LogP contribution in [-0.4, -0.2) is 80.6 Å². The fraction of sp³-hybridized carbons (Fsp3) is 0.400. The predicted octanol–water partition coefficient (Wildman–Crippen LogP) is 5.75. The molecule has 258 valence electrons. The summed E-state index contributed by atoms with van der Waals surface area (Å²) in [6.45, 7) is 2.27. The molecule has 13 heteroatoms. The average Bonchev–Trinajstić information content (AvgIpc) is 3.07. The van der Waals surface area contributed by atoms with Crippen molar-refractivity contribution < 1.29 is 23.5 Å². The highest BCUT2D eigenvalue weighted by atomic mass is 35.5. The lowest BCUT2D eigenvalue weighted by Gasteiger charge is -2.46. The van der Waals surface area contributed by atoms with Crippen LogP contribution < -0.4 is 16.0 Å². The summed E-state index contributed by atoms with van der Waals surface area (Å²) in [4.78, 5) is 45.5. The average molecular weight is 721 g/mol. The van der Waals surface area contributed by atoms with Crippen molar-refractivity contribution in [3.8, 4) is 0 Å². The second-order valence-corrected chi connectivity index (χ2v) is 13.0. The Kier molecular flexibility index (Phi) is 12.7. The highest BCUT2D eigenvalue weighted by Crippen LogP contribution is 2.45. The Morgan fingerprint density at radius 3 is 2.44 bits per heavy atom. The maximum atomic E-state index is 14.3. The molecule has 2 aliphatic heterocycles. The number of hydrogen-bond donors (Lipinski definition) is 2. The third-order valence-electron chi connectivity index (χ3n) is 9.24. The molecule has 2 aliphatic rings. The zero-order valence-electron chi connectivity index (χ0n) is 27.0. The Balaban J connectivity index is 0.00000520. The Morgan fingerprint density at radius 2 is 1.77 bits per heavy atom. The first-order valence-corrected chi connectivity index (χ1v) is 16.5. The molecule has 0 aromatic heterocycles. The molecule has 0 aliphatic carbocycles. The lowest BCUT2D eigenvalue weighted by molar-refractivity contribution is -0.140. The van der Waals surface area contributed by atoms with Crippen LogP contribution in [0, 0.1) is 5.82 Å². The molecule has 0 radical (unpaired) electrons. The molecule has 2 atom stereocenters. The van der Waals surface area contributed by atoms with Gasteiger partial charge in [0.1, 0.15) is 17.5 Å². The number of nitrogens with two attached hydrogens (primary N) is 1. The molecule has 0 unspecified atom stereocenters. The second kappa shape index (κ2) is 16.3. The molecule has 5 rings (SSSR count). The number of likely N-dealkylation sites (N-methyl/N-ethyl adjacent to an activating group) is 1. The smallest absolute Gasteiger partial charge is 0.414 e. The molecule has 9 nitrogen and oxygen atoms in total. The van der Waals surface area contributed by atoms with Crippen LogP contribution in [0.1, 0.15) is 41.9 Å². The summed E-state index contributed by atoms with van der Waals surface area (Å²) in [6, 6.07) is 18.4. The topological polar surface area (TPSA) is 108 Å². The van der Waals surface area contributed by atoms with Crippen molar-refractivity contribution >= 4 is 59.2 Å². The summed E-state index contributed by atoms with van der Waals surface area (Å²) >= 11 is 12.6. The van der Waals surface area contributed by atoms with Crippen LogP contribution in [0.15, 0.2) is 66.7 Å². The molecule has 1 saturated heterocycles. The minimum atomic E-state index is -0.918. The van der Waals surface area contributed by atoms with Gasteiger partial charge in [-0.05, 0) is 54.4 Å². The molecule has 3 N–H and O–H groups in total. The Labute approximate surface area is 296 Å². The van der Waals surface area contributed by atoms with Gasteiger partial charge in [-0.2, -0.15) is 0 Å². The zero-order chi connectivity index (χ0) is 33.7. The monoisotopic (exact) mass is 719 g/mol. The first kappa shape index (κ1) is 37.4. The molecule has 48 heavy (non-hydrogen) atoms. The van der Waals surface area contributed by atoms with Gasteiger partial charge in [0.25, 0.3) is 0 Å². The van der Waals surface area contributed by atoms with Crippen molar-refractivity contribution in [1.29, 1.82) is 0 Å². The number of rotatable bonds is 11. The highest BCUT2D eigenvalue weighted by molar-refractivity contribution is 6.42. The molecule has 1 spiro atoms. The lowest BCUT2D eigenvalue weighted by Crippen LogP contribution is -2.52. The van der Waals surface area contributed by atoms with E-state index in [1.54, 1.807) is 38.4 Å². The normalized spacial score (nSPS) is 16.7. The van der Waals surface area contributed by atoms with Crippen molar-refractivity contribution in [1.82, 2.24) is 15.1 Å². The van der Waals surface area contributed by atoms with Gasteiger partial charge in [-0.1, -0.05) is 59.6 Å². The number of carbonyl (C=O) groups is 3. The first-order chi connectivity index (χ1) is 22.5. The van der Waals surface area contributed by atoms with E-state index in [0.29, 0.717) is 78.7 Å². The number of hydrogen-bond acceptors (Lipinski definition) is 6. The molecule has 0 saturated carbocycles.